The molecule has 0 saturated heterocycles. The predicted octanol–water partition coefficient (Wildman–Crippen LogP) is 3.76. The van der Waals surface area contributed by atoms with Crippen LogP contribution in [0, 0.1) is 0 Å². The van der Waals surface area contributed by atoms with Crippen LogP contribution in [-0.4, -0.2) is 22.2 Å². The summed E-state index contributed by atoms with van der Waals surface area (Å²) < 4.78 is 41.8. The maximum absolute atomic E-state index is 12.4. The summed E-state index contributed by atoms with van der Waals surface area (Å²) in [4.78, 5) is 7.91. The fourth-order valence-electron chi connectivity index (χ4n) is 1.04. The molecule has 3 nitrogen and oxygen atoms in total. The van der Waals surface area contributed by atoms with Crippen LogP contribution < -0.4 is 4.74 Å². The van der Waals surface area contributed by atoms with Gasteiger partial charge >= 0.3 is 6.18 Å². The summed E-state index contributed by atoms with van der Waals surface area (Å²) in [6.45, 7) is 6.40. The number of ether oxygens (including phenoxy) is 1. The van der Waals surface area contributed by atoms with Gasteiger partial charge in [-0.05, 0) is 6.92 Å². The van der Waals surface area contributed by atoms with Gasteiger partial charge in [0.25, 0.3) is 0 Å². The molecule has 0 aromatic carbocycles. The molecule has 0 fully saturated rings. The first-order valence-corrected chi connectivity index (χ1v) is 5.66. The highest BCUT2D eigenvalue weighted by Gasteiger charge is 2.38. The van der Waals surface area contributed by atoms with Crippen molar-refractivity contribution < 1.29 is 17.9 Å². The quantitative estimate of drug-likeness (QED) is 0.775. The topological polar surface area (TPSA) is 35.0 Å². The molecular formula is C11H14ClF3N2O. The second-order valence-electron chi connectivity index (χ2n) is 4.90. The average Bonchev–Trinajstić information content (AvgIpc) is 2.13. The van der Waals surface area contributed by atoms with E-state index >= 15 is 0 Å². The Morgan fingerprint density at radius 3 is 2.22 bits per heavy atom. The molecule has 1 aromatic heterocycles. The second-order valence-corrected chi connectivity index (χ2v) is 5.29. The smallest absolute Gasteiger partial charge is 0.425 e. The number of alkyl halides is 3. The minimum absolute atomic E-state index is 0.0549. The lowest BCUT2D eigenvalue weighted by Gasteiger charge is -2.20. The normalized spacial score (nSPS) is 14.4. The molecule has 0 radical (unpaired) electrons. The van der Waals surface area contributed by atoms with Crippen LogP contribution in [-0.2, 0) is 5.41 Å². The van der Waals surface area contributed by atoms with E-state index in [9.17, 15) is 13.2 Å². The molecule has 102 valence electrons. The SMILES string of the molecule is CC(Oc1cc(Cl)nc(C(C)(C)C)n1)C(F)(F)F. The molecule has 0 spiro atoms. The molecule has 1 atom stereocenters. The zero-order valence-electron chi connectivity index (χ0n) is 10.5. The zero-order valence-corrected chi connectivity index (χ0v) is 11.2. The first kappa shape index (κ1) is 15.0. The van der Waals surface area contributed by atoms with Gasteiger partial charge in [0.2, 0.25) is 5.88 Å². The Balaban J connectivity index is 3.01. The highest BCUT2D eigenvalue weighted by Crippen LogP contribution is 2.27. The summed E-state index contributed by atoms with van der Waals surface area (Å²) in [6, 6.07) is 1.17. The average molecular weight is 283 g/mol. The zero-order chi connectivity index (χ0) is 14.1. The summed E-state index contributed by atoms with van der Waals surface area (Å²) in [5.41, 5.74) is -0.426. The molecule has 0 aliphatic rings. The Morgan fingerprint density at radius 2 is 1.78 bits per heavy atom. The fourth-order valence-corrected chi connectivity index (χ4v) is 1.21. The van der Waals surface area contributed by atoms with Gasteiger partial charge in [-0.3, -0.25) is 0 Å². The number of nitrogens with zero attached hydrogens (tertiary/aromatic N) is 2. The van der Waals surface area contributed by atoms with Crippen molar-refractivity contribution in [3.8, 4) is 5.88 Å². The van der Waals surface area contributed by atoms with Crippen molar-refractivity contribution in [1.82, 2.24) is 9.97 Å². The van der Waals surface area contributed by atoms with Crippen LogP contribution >= 0.6 is 11.6 Å². The third-order valence-electron chi connectivity index (χ3n) is 2.10. The van der Waals surface area contributed by atoms with Gasteiger partial charge in [-0.1, -0.05) is 32.4 Å². The summed E-state index contributed by atoms with van der Waals surface area (Å²) in [5.74, 6) is 0.157. The minimum atomic E-state index is -4.45. The maximum Gasteiger partial charge on any atom is 0.425 e. The Labute approximate surface area is 108 Å². The Kier molecular flexibility index (Phi) is 4.10. The van der Waals surface area contributed by atoms with Gasteiger partial charge in [0, 0.05) is 11.5 Å². The highest BCUT2D eigenvalue weighted by atomic mass is 35.5. The van der Waals surface area contributed by atoms with E-state index in [0.29, 0.717) is 5.82 Å². The van der Waals surface area contributed by atoms with Crippen LogP contribution in [0.15, 0.2) is 6.07 Å². The van der Waals surface area contributed by atoms with Crippen LogP contribution in [0.4, 0.5) is 13.2 Å². The van der Waals surface area contributed by atoms with Gasteiger partial charge in [-0.25, -0.2) is 4.98 Å². The number of hydrogen-bond acceptors (Lipinski definition) is 3. The standard InChI is InChI=1S/C11H14ClF3N2O/c1-6(11(13,14)15)18-8-5-7(12)16-9(17-8)10(2,3)4/h5-6H,1-4H3. The maximum atomic E-state index is 12.4. The van der Waals surface area contributed by atoms with Crippen LogP contribution in [0.3, 0.4) is 0 Å². The number of aromatic nitrogens is 2. The Hall–Kier alpha value is -1.04. The first-order chi connectivity index (χ1) is 8.00. The third kappa shape index (κ3) is 4.01. The number of halogens is 4. The lowest BCUT2D eigenvalue weighted by molar-refractivity contribution is -0.190. The summed E-state index contributed by atoms with van der Waals surface area (Å²) in [6.07, 6.45) is -6.39. The fraction of sp³-hybridized carbons (Fsp3) is 0.636. The predicted molar refractivity (Wildman–Crippen MR) is 61.9 cm³/mol. The van der Waals surface area contributed by atoms with E-state index in [1.807, 2.05) is 20.8 Å². The van der Waals surface area contributed by atoms with Crippen LogP contribution in [0.2, 0.25) is 5.15 Å². The first-order valence-electron chi connectivity index (χ1n) is 5.28. The third-order valence-corrected chi connectivity index (χ3v) is 2.29. The van der Waals surface area contributed by atoms with Gasteiger partial charge in [-0.2, -0.15) is 18.2 Å². The summed E-state index contributed by atoms with van der Waals surface area (Å²) >= 11 is 5.74. The lowest BCUT2D eigenvalue weighted by Crippen LogP contribution is -2.31. The van der Waals surface area contributed by atoms with E-state index in [4.69, 9.17) is 16.3 Å². The van der Waals surface area contributed by atoms with Crippen molar-refractivity contribution in [3.05, 3.63) is 17.0 Å². The summed E-state index contributed by atoms with van der Waals surface area (Å²) in [5, 5.41) is 0.0549. The van der Waals surface area contributed by atoms with E-state index in [2.05, 4.69) is 9.97 Å². The molecule has 0 saturated carbocycles. The van der Waals surface area contributed by atoms with Gasteiger partial charge < -0.3 is 4.74 Å². The second kappa shape index (κ2) is 4.91. The van der Waals surface area contributed by atoms with Gasteiger partial charge in [-0.15, -0.1) is 0 Å². The molecule has 0 aliphatic carbocycles. The molecule has 0 amide bonds. The monoisotopic (exact) mass is 282 g/mol. The van der Waals surface area contributed by atoms with Crippen molar-refractivity contribution in [3.63, 3.8) is 0 Å². The molecule has 0 aliphatic heterocycles. The van der Waals surface area contributed by atoms with Crippen molar-refractivity contribution in [1.29, 1.82) is 0 Å². The number of rotatable bonds is 2. The molecule has 0 bridgehead atoms. The van der Waals surface area contributed by atoms with Crippen molar-refractivity contribution in [2.45, 2.75) is 45.4 Å². The minimum Gasteiger partial charge on any atom is -0.465 e. The van der Waals surface area contributed by atoms with Gasteiger partial charge in [0.1, 0.15) is 11.0 Å². The van der Waals surface area contributed by atoms with Crippen molar-refractivity contribution >= 4 is 11.6 Å². The molecular weight excluding hydrogens is 269 g/mol. The Morgan fingerprint density at radius 1 is 1.22 bits per heavy atom. The summed E-state index contributed by atoms with van der Waals surface area (Å²) in [7, 11) is 0. The largest absolute Gasteiger partial charge is 0.465 e. The lowest BCUT2D eigenvalue weighted by atomic mass is 9.96. The molecule has 1 heterocycles. The highest BCUT2D eigenvalue weighted by molar-refractivity contribution is 6.29. The van der Waals surface area contributed by atoms with E-state index in [1.165, 1.54) is 6.07 Å². The Bertz CT molecular complexity index is 429. The van der Waals surface area contributed by atoms with Crippen LogP contribution in [0.1, 0.15) is 33.5 Å². The van der Waals surface area contributed by atoms with Crippen LogP contribution in [0.5, 0.6) is 5.88 Å². The van der Waals surface area contributed by atoms with Gasteiger partial charge in [0.05, 0.1) is 0 Å². The van der Waals surface area contributed by atoms with Crippen molar-refractivity contribution in [2.75, 3.05) is 0 Å². The van der Waals surface area contributed by atoms with E-state index in [1.54, 1.807) is 0 Å². The molecule has 7 heteroatoms. The van der Waals surface area contributed by atoms with Gasteiger partial charge in [0.15, 0.2) is 6.10 Å². The molecule has 1 unspecified atom stereocenters. The van der Waals surface area contributed by atoms with E-state index in [0.717, 1.165) is 6.92 Å². The molecule has 1 aromatic rings. The number of hydrogen-bond donors (Lipinski definition) is 0. The molecule has 18 heavy (non-hydrogen) atoms. The van der Waals surface area contributed by atoms with Crippen molar-refractivity contribution in [2.24, 2.45) is 0 Å². The molecule has 0 N–H and O–H groups in total. The van der Waals surface area contributed by atoms with E-state index in [-0.39, 0.29) is 11.0 Å². The van der Waals surface area contributed by atoms with E-state index < -0.39 is 17.7 Å². The molecule has 1 rings (SSSR count). The van der Waals surface area contributed by atoms with Crippen LogP contribution in [0.25, 0.3) is 0 Å².